The van der Waals surface area contributed by atoms with Gasteiger partial charge in [-0.25, -0.2) is 4.79 Å². The van der Waals surface area contributed by atoms with Crippen LogP contribution in [0.5, 0.6) is 0 Å². The minimum absolute atomic E-state index is 0.0140. The number of carboxylic acids is 1. The molecule has 1 aliphatic carbocycles. The Balaban J connectivity index is 1.67. The first kappa shape index (κ1) is 20.3. The monoisotopic (exact) mass is 388 g/mol. The number of carbonyl (C=O) groups excluding carboxylic acids is 2. The third kappa shape index (κ3) is 3.28. The van der Waals surface area contributed by atoms with Crippen molar-refractivity contribution >= 4 is 23.5 Å². The molecule has 0 spiro atoms. The zero-order valence-electron chi connectivity index (χ0n) is 16.7. The van der Waals surface area contributed by atoms with E-state index in [0.29, 0.717) is 19.4 Å². The van der Waals surface area contributed by atoms with Gasteiger partial charge in [-0.3, -0.25) is 9.59 Å². The lowest BCUT2D eigenvalue weighted by Crippen LogP contribution is -2.76. The van der Waals surface area contributed by atoms with Crippen molar-refractivity contribution in [1.29, 1.82) is 0 Å². The molecule has 7 heteroatoms. The highest BCUT2D eigenvalue weighted by molar-refractivity contribution is 5.97. The molecule has 1 heterocycles. The van der Waals surface area contributed by atoms with Gasteiger partial charge in [0.05, 0.1) is 6.10 Å². The largest absolute Gasteiger partial charge is 0.479 e. The highest BCUT2D eigenvalue weighted by Crippen LogP contribution is 2.51. The van der Waals surface area contributed by atoms with Gasteiger partial charge >= 0.3 is 5.97 Å². The summed E-state index contributed by atoms with van der Waals surface area (Å²) < 4.78 is 5.62. The van der Waals surface area contributed by atoms with Gasteiger partial charge in [-0.15, -0.1) is 0 Å². The number of carbonyl (C=O) groups is 3. The Morgan fingerprint density at radius 1 is 1.29 bits per heavy atom. The predicted octanol–water partition coefficient (Wildman–Crippen LogP) is 2.13. The summed E-state index contributed by atoms with van der Waals surface area (Å²) >= 11 is 0. The molecule has 0 radical (unpaired) electrons. The number of nitrogens with one attached hydrogen (secondary N) is 1. The molecule has 0 bridgehead atoms. The van der Waals surface area contributed by atoms with Gasteiger partial charge in [0.1, 0.15) is 5.54 Å². The normalized spacial score (nSPS) is 25.6. The number of ether oxygens (including phenoxy) is 1. The Morgan fingerprint density at radius 2 is 2.00 bits per heavy atom. The molecular formula is C21H28N2O5. The van der Waals surface area contributed by atoms with E-state index in [1.807, 2.05) is 31.2 Å². The molecule has 2 aliphatic rings. The van der Waals surface area contributed by atoms with E-state index in [1.54, 1.807) is 18.7 Å². The number of benzene rings is 1. The lowest BCUT2D eigenvalue weighted by Gasteiger charge is -2.58. The molecule has 3 rings (SSSR count). The van der Waals surface area contributed by atoms with E-state index in [2.05, 4.69) is 5.32 Å². The number of hydrogen-bond acceptors (Lipinski definition) is 4. The van der Waals surface area contributed by atoms with Crippen LogP contribution < -0.4 is 10.2 Å². The lowest BCUT2D eigenvalue weighted by atomic mass is 9.54. The molecule has 28 heavy (non-hydrogen) atoms. The van der Waals surface area contributed by atoms with Crippen LogP contribution in [0.3, 0.4) is 0 Å². The number of aryl methyl sites for hydroxylation is 1. The van der Waals surface area contributed by atoms with E-state index in [4.69, 9.17) is 4.74 Å². The third-order valence-corrected chi connectivity index (χ3v) is 6.24. The van der Waals surface area contributed by atoms with E-state index in [9.17, 15) is 19.5 Å². The van der Waals surface area contributed by atoms with E-state index in [1.165, 1.54) is 0 Å². The second-order valence-electron chi connectivity index (χ2n) is 8.05. The molecule has 0 saturated heterocycles. The number of hydrogen-bond donors (Lipinski definition) is 2. The molecule has 2 amide bonds. The van der Waals surface area contributed by atoms with Crippen molar-refractivity contribution in [2.45, 2.75) is 58.1 Å². The van der Waals surface area contributed by atoms with Crippen molar-refractivity contribution in [2.24, 2.45) is 5.41 Å². The van der Waals surface area contributed by atoms with Crippen molar-refractivity contribution in [1.82, 2.24) is 5.32 Å². The molecule has 1 saturated carbocycles. The fourth-order valence-corrected chi connectivity index (χ4v) is 4.29. The summed E-state index contributed by atoms with van der Waals surface area (Å²) in [5.74, 6) is -1.44. The second kappa shape index (κ2) is 7.54. The molecule has 1 aromatic carbocycles. The molecule has 0 aromatic heterocycles. The second-order valence-corrected chi connectivity index (χ2v) is 8.05. The number of anilines is 1. The smallest absolute Gasteiger partial charge is 0.330 e. The van der Waals surface area contributed by atoms with E-state index >= 15 is 0 Å². The minimum atomic E-state index is -1.35. The van der Waals surface area contributed by atoms with Gasteiger partial charge < -0.3 is 20.1 Å². The van der Waals surface area contributed by atoms with Gasteiger partial charge in [0, 0.05) is 43.5 Å². The van der Waals surface area contributed by atoms with Gasteiger partial charge in [0.15, 0.2) is 0 Å². The summed E-state index contributed by atoms with van der Waals surface area (Å²) in [4.78, 5) is 38.6. The number of fused-ring (bicyclic) bond motifs is 1. The fourth-order valence-electron chi connectivity index (χ4n) is 4.29. The van der Waals surface area contributed by atoms with Crippen LogP contribution >= 0.6 is 0 Å². The van der Waals surface area contributed by atoms with Crippen LogP contribution in [-0.4, -0.2) is 47.7 Å². The number of carboxylic acid groups (broad SMARTS) is 1. The SMILES string of the molecule is CCOC1CC(NC(=O)CCN2C(=O)CCc3ccccc32)(C(=O)O)C1(C)C. The van der Waals surface area contributed by atoms with E-state index in [0.717, 1.165) is 11.3 Å². The van der Waals surface area contributed by atoms with Crippen LogP contribution in [0.2, 0.25) is 0 Å². The van der Waals surface area contributed by atoms with Crippen LogP contribution in [0.4, 0.5) is 5.69 Å². The van der Waals surface area contributed by atoms with Crippen molar-refractivity contribution in [3.05, 3.63) is 29.8 Å². The van der Waals surface area contributed by atoms with Crippen molar-refractivity contribution in [2.75, 3.05) is 18.1 Å². The maximum atomic E-state index is 12.6. The number of amides is 2. The molecule has 152 valence electrons. The summed E-state index contributed by atoms with van der Waals surface area (Å²) in [6.45, 7) is 6.19. The first-order valence-electron chi connectivity index (χ1n) is 9.77. The maximum Gasteiger partial charge on any atom is 0.330 e. The Labute approximate surface area is 165 Å². The van der Waals surface area contributed by atoms with Crippen LogP contribution in [0, 0.1) is 5.41 Å². The van der Waals surface area contributed by atoms with Gasteiger partial charge in [-0.1, -0.05) is 32.0 Å². The molecule has 2 N–H and O–H groups in total. The minimum Gasteiger partial charge on any atom is -0.479 e. The lowest BCUT2D eigenvalue weighted by molar-refractivity contribution is -0.194. The topological polar surface area (TPSA) is 95.9 Å². The number of para-hydroxylation sites is 1. The zero-order chi connectivity index (χ0) is 20.5. The third-order valence-electron chi connectivity index (χ3n) is 6.24. The van der Waals surface area contributed by atoms with Crippen LogP contribution in [-0.2, 0) is 25.5 Å². The number of aliphatic carboxylic acids is 1. The predicted molar refractivity (Wildman–Crippen MR) is 104 cm³/mol. The highest BCUT2D eigenvalue weighted by Gasteiger charge is 2.66. The van der Waals surface area contributed by atoms with Gasteiger partial charge in [0.2, 0.25) is 11.8 Å². The Bertz CT molecular complexity index is 791. The summed E-state index contributed by atoms with van der Waals surface area (Å²) in [7, 11) is 0. The van der Waals surface area contributed by atoms with Crippen molar-refractivity contribution in [3.8, 4) is 0 Å². The first-order chi connectivity index (χ1) is 13.2. The number of nitrogens with zero attached hydrogens (tertiary/aromatic N) is 1. The molecule has 1 aliphatic heterocycles. The van der Waals surface area contributed by atoms with Gasteiger partial charge in [-0.2, -0.15) is 0 Å². The molecule has 1 aromatic rings. The summed E-state index contributed by atoms with van der Waals surface area (Å²) in [6, 6.07) is 7.67. The van der Waals surface area contributed by atoms with Crippen molar-refractivity contribution in [3.63, 3.8) is 0 Å². The van der Waals surface area contributed by atoms with Gasteiger partial charge in [-0.05, 0) is 25.0 Å². The fraction of sp³-hybridized carbons (Fsp3) is 0.571. The average molecular weight is 388 g/mol. The Kier molecular flexibility index (Phi) is 5.48. The standard InChI is InChI=1S/C21H28N2O5/c1-4-28-16-13-21(19(26)27,20(16,2)3)22-17(24)11-12-23-15-8-6-5-7-14(15)9-10-18(23)25/h5-8,16H,4,9-13H2,1-3H3,(H,22,24)(H,26,27). The molecule has 2 atom stereocenters. The molecular weight excluding hydrogens is 360 g/mol. The molecule has 1 fully saturated rings. The van der Waals surface area contributed by atoms with Crippen LogP contribution in [0.25, 0.3) is 0 Å². The average Bonchev–Trinajstić information content (AvgIpc) is 2.65. The van der Waals surface area contributed by atoms with E-state index in [-0.39, 0.29) is 37.3 Å². The molecule has 2 unspecified atom stereocenters. The zero-order valence-corrected chi connectivity index (χ0v) is 16.7. The summed E-state index contributed by atoms with van der Waals surface area (Å²) in [5.41, 5.74) is -0.157. The Morgan fingerprint density at radius 3 is 2.64 bits per heavy atom. The van der Waals surface area contributed by atoms with Crippen LogP contribution in [0.15, 0.2) is 24.3 Å². The van der Waals surface area contributed by atoms with Crippen LogP contribution in [0.1, 0.15) is 45.6 Å². The number of rotatable bonds is 7. The van der Waals surface area contributed by atoms with E-state index < -0.39 is 16.9 Å². The van der Waals surface area contributed by atoms with Gasteiger partial charge in [0.25, 0.3) is 0 Å². The Hall–Kier alpha value is -2.41. The maximum absolute atomic E-state index is 12.6. The quantitative estimate of drug-likeness (QED) is 0.746. The summed E-state index contributed by atoms with van der Waals surface area (Å²) in [6.07, 6.45) is 1.18. The first-order valence-corrected chi connectivity index (χ1v) is 9.77. The molecule has 7 nitrogen and oxygen atoms in total. The van der Waals surface area contributed by atoms with Crippen molar-refractivity contribution < 1.29 is 24.2 Å². The summed E-state index contributed by atoms with van der Waals surface area (Å²) in [5, 5.41) is 12.5. The highest BCUT2D eigenvalue weighted by atomic mass is 16.5.